The SMILES string of the molecule is C(=N\N=C\c1cccnc1)/c1cccnc1.CCC1=C(CC)[C+]2[N-]/C1=C(/[N+](=O)[O-])[C+]1[N-]/C(=C(/[N+](=O)[O-])[C+]3[N-]/C(=C(/[N+](=O)[O-])[C+]4[N-]/C(=C\2[N+](=O)[O-])C(CC)=C4CC)C(CC)=C3CC)C(CC)=C1CC.CCC1=C(CC)[C+]2[N-]/C1=C(/[N+](=O)[O-])[C+]1[N-]/C(=C(/[N+](=O)[O-])[C+]3[N-]/C(=C(/[N+](=O)[O-])[C+]4[N-]/C(=C\2[N+](=O)[O-])C(CC)=C4CC)C(CC)=C3CC)C(CC)=C1CC.[Zn].[Zn]. The van der Waals surface area contributed by atoms with Crippen molar-refractivity contribution in [3.63, 3.8) is 0 Å². The van der Waals surface area contributed by atoms with Crippen LogP contribution in [0.4, 0.5) is 0 Å². The van der Waals surface area contributed by atoms with Crippen molar-refractivity contribution in [3.05, 3.63) is 412 Å². The van der Waals surface area contributed by atoms with Gasteiger partial charge in [0.2, 0.25) is 0 Å². The predicted molar refractivity (Wildman–Crippen MR) is 450 cm³/mol. The molecule has 0 aromatic carbocycles. The Kier molecular flexibility index (Phi) is 31.5. The van der Waals surface area contributed by atoms with Crippen LogP contribution in [0.5, 0.6) is 0 Å². The molecule has 122 heavy (non-hydrogen) atoms. The molecule has 12 heterocycles. The van der Waals surface area contributed by atoms with Gasteiger partial charge in [0.1, 0.15) is 45.6 Å². The fraction of sp³-hybridized carbons (Fsp3) is 0.381. The van der Waals surface area contributed by atoms with Crippen LogP contribution in [0, 0.1) is 129 Å². The quantitative estimate of drug-likeness (QED) is 0.0263. The molecule has 626 valence electrons. The van der Waals surface area contributed by atoms with E-state index in [0.29, 0.717) is 89.2 Å². The molecule has 0 atom stereocenters. The summed E-state index contributed by atoms with van der Waals surface area (Å²) in [6.45, 7) is 28.2. The van der Waals surface area contributed by atoms with E-state index in [1.807, 2.05) is 24.3 Å². The van der Waals surface area contributed by atoms with Crippen LogP contribution in [-0.4, -0.2) is 61.8 Å². The first-order chi connectivity index (χ1) is 57.6. The van der Waals surface area contributed by atoms with E-state index in [1.165, 1.54) is 0 Å². The van der Waals surface area contributed by atoms with Crippen LogP contribution in [0.15, 0.2) is 240 Å². The van der Waals surface area contributed by atoms with Crippen LogP contribution in [-0.2, 0) is 39.0 Å². The van der Waals surface area contributed by atoms with Crippen LogP contribution >= 0.6 is 0 Å². The molecule has 0 saturated carbocycles. The summed E-state index contributed by atoms with van der Waals surface area (Å²) in [6, 6.07) is 6.56. The molecule has 38 heteroatoms. The number of hydrogen-bond donors (Lipinski definition) is 0. The Morgan fingerprint density at radius 3 is 0.500 bits per heavy atom. The molecular weight excluding hydrogens is 1680 g/mol. The molecule has 2 aromatic rings. The van der Waals surface area contributed by atoms with Gasteiger partial charge in [0.25, 0.3) is 0 Å². The van der Waals surface area contributed by atoms with E-state index in [1.54, 1.807) is 148 Å². The zero-order valence-corrected chi connectivity index (χ0v) is 76.9. The van der Waals surface area contributed by atoms with Crippen LogP contribution in [0.2, 0.25) is 0 Å². The summed E-state index contributed by atoms with van der Waals surface area (Å²) in [5.74, 6) is 0. The Hall–Kier alpha value is -12.7. The van der Waals surface area contributed by atoms with Gasteiger partial charge in [-0.2, -0.15) is 10.2 Å². The molecule has 0 radical (unpaired) electrons. The Labute approximate surface area is 732 Å². The monoisotopic (exact) mass is 1760 g/mol. The van der Waals surface area contributed by atoms with Crippen molar-refractivity contribution in [2.45, 2.75) is 214 Å². The summed E-state index contributed by atoms with van der Waals surface area (Å²) >= 11 is 0. The third kappa shape index (κ3) is 17.1. The summed E-state index contributed by atoms with van der Waals surface area (Å²) < 4.78 is 0. The molecule has 2 aromatic heterocycles. The van der Waals surface area contributed by atoms with E-state index in [0.717, 1.165) is 11.1 Å². The smallest absolute Gasteiger partial charge is 0.362 e. The Morgan fingerprint density at radius 1 is 0.262 bits per heavy atom. The minimum Gasteiger partial charge on any atom is -0.513 e. The van der Waals surface area contributed by atoms with E-state index in [4.69, 9.17) is 0 Å². The number of fused-ring (bicyclic) bond motifs is 16. The van der Waals surface area contributed by atoms with Crippen LogP contribution < -0.4 is 0 Å². The third-order valence-electron chi connectivity index (χ3n) is 21.8. The van der Waals surface area contributed by atoms with Gasteiger partial charge >= 0.3 is 45.6 Å². The number of nitrogens with zero attached hydrogens (tertiary/aromatic N) is 20. The van der Waals surface area contributed by atoms with Gasteiger partial charge < -0.3 is 42.5 Å². The maximum Gasteiger partial charge on any atom is 0.362 e. The minimum atomic E-state index is -0.633. The molecule has 12 rings (SSSR count). The molecule has 0 amide bonds. The molecule has 0 fully saturated rings. The van der Waals surface area contributed by atoms with Crippen molar-refractivity contribution in [2.24, 2.45) is 10.2 Å². The van der Waals surface area contributed by atoms with Gasteiger partial charge in [-0.15, -0.1) is 0 Å². The van der Waals surface area contributed by atoms with Crippen molar-refractivity contribution in [3.8, 4) is 0 Å². The van der Waals surface area contributed by atoms with Crippen LogP contribution in [0.3, 0.4) is 0 Å². The zero-order chi connectivity index (χ0) is 87.7. The van der Waals surface area contributed by atoms with E-state index < -0.39 is 85.0 Å². The summed E-state index contributed by atoms with van der Waals surface area (Å²) in [5.41, 5.74) is 3.16. The normalized spacial score (nSPS) is 22.5. The molecule has 0 unspecified atom stereocenters. The van der Waals surface area contributed by atoms with Gasteiger partial charge in [-0.05, 0) is 119 Å². The number of pyridine rings is 2. The molecular formula is C84H90N20O16Zn2. The maximum atomic E-state index is 13.2. The average molecular weight is 1770 g/mol. The van der Waals surface area contributed by atoms with Crippen molar-refractivity contribution < 1.29 is 78.3 Å². The standard InChI is InChI=1S/2C36H40N8O8.C12H10N4.2Zn/c2*1-9-17-18(10-2)26-34(42(47)48)28-21(13-5)22(14-6)30(39-28)36(44(51)52)32-24(16-8)23(15-7)31(40-32)35(43(49)50)29-20(12-4)19(11-3)27(38-29)33(41(45)46)25(17)37-26;1-3-11(7-13-5-1)9-15-16-10-12-4-2-6-14-8-12;;/h2*9-16H2,1-8H3;1-10H;;/b2*33-25+,34-28+,35-29+,36-32+;15-9+,16-10+;;. The average Bonchev–Trinajstić information content (AvgIpc) is 1.58. The summed E-state index contributed by atoms with van der Waals surface area (Å²) in [4.78, 5) is 108. The van der Waals surface area contributed by atoms with Gasteiger partial charge in [-0.1, -0.05) is 67.5 Å². The predicted octanol–water partition coefficient (Wildman–Crippen LogP) is 22.1. The summed E-state index contributed by atoms with van der Waals surface area (Å²) in [7, 11) is 0. The first-order valence-corrected chi connectivity index (χ1v) is 40.1. The number of nitro groups is 8. The molecule has 36 nitrogen and oxygen atoms in total. The second kappa shape index (κ2) is 40.6. The van der Waals surface area contributed by atoms with Gasteiger partial charge in [0, 0.05) is 126 Å². The van der Waals surface area contributed by atoms with Crippen LogP contribution in [0.25, 0.3) is 42.5 Å². The van der Waals surface area contributed by atoms with Gasteiger partial charge in [-0.3, -0.25) is 90.9 Å². The van der Waals surface area contributed by atoms with E-state index in [-0.39, 0.29) is 236 Å². The first-order valence-electron chi connectivity index (χ1n) is 40.1. The molecule has 16 bridgehead atoms. The molecule has 0 saturated heterocycles. The van der Waals surface area contributed by atoms with Crippen molar-refractivity contribution in [1.82, 2.24) is 9.97 Å². The van der Waals surface area contributed by atoms with Crippen molar-refractivity contribution >= 4 is 12.4 Å². The molecule has 0 aliphatic carbocycles. The first kappa shape index (κ1) is 94.8. The summed E-state index contributed by atoms with van der Waals surface area (Å²) in [6.07, 6.45) is 13.7. The number of aromatic nitrogens is 2. The minimum absolute atomic E-state index is 0. The van der Waals surface area contributed by atoms with Gasteiger partial charge in [0.05, 0.1) is 189 Å². The van der Waals surface area contributed by atoms with Crippen molar-refractivity contribution in [2.75, 3.05) is 0 Å². The second-order valence-electron chi connectivity index (χ2n) is 27.7. The number of hydrogen-bond acceptors (Lipinski definition) is 20. The Bertz CT molecular complexity index is 4380. The molecule has 0 spiro atoms. The largest absolute Gasteiger partial charge is 0.513 e. The topological polar surface area (TPSA) is 508 Å². The maximum absolute atomic E-state index is 13.2. The number of rotatable bonds is 27. The Balaban J connectivity index is 0.000000252. The fourth-order valence-corrected chi connectivity index (χ4v) is 16.9. The van der Waals surface area contributed by atoms with E-state index >= 15 is 0 Å². The van der Waals surface area contributed by atoms with E-state index in [2.05, 4.69) is 62.7 Å². The zero-order valence-electron chi connectivity index (χ0n) is 71.0. The third-order valence-corrected chi connectivity index (χ3v) is 21.8. The molecule has 10 aliphatic heterocycles. The Morgan fingerprint density at radius 2 is 0.402 bits per heavy atom. The van der Waals surface area contributed by atoms with Gasteiger partial charge in [0.15, 0.2) is 0 Å². The van der Waals surface area contributed by atoms with Crippen LogP contribution in [0.1, 0.15) is 225 Å². The van der Waals surface area contributed by atoms with Gasteiger partial charge in [-0.25, -0.2) is 0 Å². The van der Waals surface area contributed by atoms with E-state index in [9.17, 15) is 80.9 Å². The number of allylic oxidation sites excluding steroid dienone is 8. The molecule has 0 N–H and O–H groups in total. The fourth-order valence-electron chi connectivity index (χ4n) is 16.9. The van der Waals surface area contributed by atoms with Crippen molar-refractivity contribution in [1.29, 1.82) is 0 Å². The summed E-state index contributed by atoms with van der Waals surface area (Å²) in [5, 5.41) is 150. The molecule has 10 aliphatic rings. The second-order valence-corrected chi connectivity index (χ2v) is 27.7.